The Morgan fingerprint density at radius 2 is 1.79 bits per heavy atom. The molecule has 0 aromatic heterocycles. The fourth-order valence-electron chi connectivity index (χ4n) is 3.64. The van der Waals surface area contributed by atoms with E-state index >= 15 is 0 Å². The third-order valence-electron chi connectivity index (χ3n) is 4.82. The fourth-order valence-corrected chi connectivity index (χ4v) is 3.64. The zero-order chi connectivity index (χ0) is 16.4. The molecule has 2 aliphatic rings. The van der Waals surface area contributed by atoms with Crippen LogP contribution in [0.15, 0.2) is 53.6 Å². The van der Waals surface area contributed by atoms with Crippen LogP contribution in [0.2, 0.25) is 0 Å². The van der Waals surface area contributed by atoms with Crippen molar-refractivity contribution in [3.05, 3.63) is 65.2 Å². The molecule has 0 saturated carbocycles. The fraction of sp³-hybridized carbons (Fsp3) is 0.300. The summed E-state index contributed by atoms with van der Waals surface area (Å²) in [6, 6.07) is 16.6. The number of benzene rings is 2. The molecular weight excluding hydrogens is 298 g/mol. The minimum Gasteiger partial charge on any atom is -0.362 e. The highest BCUT2D eigenvalue weighted by Gasteiger charge is 2.20. The van der Waals surface area contributed by atoms with Crippen molar-refractivity contribution in [2.75, 3.05) is 18.0 Å². The molecule has 0 unspecified atom stereocenters. The van der Waals surface area contributed by atoms with Crippen molar-refractivity contribution in [1.29, 1.82) is 0 Å². The maximum absolute atomic E-state index is 12.3. The van der Waals surface area contributed by atoms with Gasteiger partial charge in [0.2, 0.25) is 0 Å². The van der Waals surface area contributed by atoms with Gasteiger partial charge in [-0.05, 0) is 42.9 Å². The molecular formula is C20H21N3O. The van der Waals surface area contributed by atoms with Crippen LogP contribution in [0.4, 0.5) is 5.69 Å². The number of carbonyl (C=O) groups is 1. The van der Waals surface area contributed by atoms with Gasteiger partial charge in [-0.25, -0.2) is 5.43 Å². The monoisotopic (exact) mass is 319 g/mol. The van der Waals surface area contributed by atoms with Crippen molar-refractivity contribution in [2.24, 2.45) is 5.10 Å². The lowest BCUT2D eigenvalue weighted by atomic mass is 10.0. The third-order valence-corrected chi connectivity index (χ3v) is 4.82. The Bertz CT molecular complexity index is 797. The molecule has 0 bridgehead atoms. The van der Waals surface area contributed by atoms with Gasteiger partial charge in [0.25, 0.3) is 5.91 Å². The first kappa shape index (κ1) is 14.9. The van der Waals surface area contributed by atoms with E-state index in [1.165, 1.54) is 22.4 Å². The SMILES string of the molecule is O=C(CN1CCCc2ccccc21)N/N=C1/CCc2ccccc21. The number of aryl methyl sites for hydroxylation is 2. The number of nitrogens with one attached hydrogen (secondary N) is 1. The van der Waals surface area contributed by atoms with E-state index in [4.69, 9.17) is 0 Å². The van der Waals surface area contributed by atoms with Crippen LogP contribution in [-0.4, -0.2) is 24.7 Å². The number of rotatable bonds is 3. The number of fused-ring (bicyclic) bond motifs is 2. The second kappa shape index (κ2) is 6.48. The molecule has 1 aliphatic heterocycles. The summed E-state index contributed by atoms with van der Waals surface area (Å²) in [5, 5.41) is 4.38. The maximum Gasteiger partial charge on any atom is 0.259 e. The van der Waals surface area contributed by atoms with Crippen LogP contribution in [0.1, 0.15) is 29.5 Å². The van der Waals surface area contributed by atoms with Crippen LogP contribution in [0.5, 0.6) is 0 Å². The van der Waals surface area contributed by atoms with Crippen molar-refractivity contribution in [2.45, 2.75) is 25.7 Å². The third kappa shape index (κ3) is 2.92. The molecule has 0 atom stereocenters. The van der Waals surface area contributed by atoms with E-state index in [9.17, 15) is 4.79 Å². The first-order valence-corrected chi connectivity index (χ1v) is 8.58. The van der Waals surface area contributed by atoms with E-state index < -0.39 is 0 Å². The number of para-hydroxylation sites is 1. The van der Waals surface area contributed by atoms with Crippen LogP contribution in [0, 0.1) is 0 Å². The van der Waals surface area contributed by atoms with Crippen LogP contribution in [0.3, 0.4) is 0 Å². The molecule has 4 rings (SSSR count). The van der Waals surface area contributed by atoms with E-state index in [2.05, 4.69) is 45.8 Å². The number of hydrogen-bond donors (Lipinski definition) is 1. The Morgan fingerprint density at radius 3 is 2.71 bits per heavy atom. The maximum atomic E-state index is 12.3. The lowest BCUT2D eigenvalue weighted by Crippen LogP contribution is -2.38. The Morgan fingerprint density at radius 1 is 1.00 bits per heavy atom. The Kier molecular flexibility index (Phi) is 4.03. The predicted octanol–water partition coefficient (Wildman–Crippen LogP) is 2.91. The Labute approximate surface area is 142 Å². The Hall–Kier alpha value is -2.62. The Balaban J connectivity index is 1.43. The summed E-state index contributed by atoms with van der Waals surface area (Å²) in [6.07, 6.45) is 4.08. The molecule has 1 N–H and O–H groups in total. The molecule has 0 radical (unpaired) electrons. The van der Waals surface area contributed by atoms with Gasteiger partial charge < -0.3 is 4.90 Å². The van der Waals surface area contributed by atoms with Gasteiger partial charge in [0.05, 0.1) is 12.3 Å². The van der Waals surface area contributed by atoms with Gasteiger partial charge in [0.1, 0.15) is 0 Å². The largest absolute Gasteiger partial charge is 0.362 e. The zero-order valence-corrected chi connectivity index (χ0v) is 13.7. The molecule has 122 valence electrons. The molecule has 24 heavy (non-hydrogen) atoms. The van der Waals surface area contributed by atoms with E-state index in [0.717, 1.165) is 37.9 Å². The average molecular weight is 319 g/mol. The highest BCUT2D eigenvalue weighted by molar-refractivity contribution is 6.04. The number of hydrogen-bond acceptors (Lipinski definition) is 3. The van der Waals surface area contributed by atoms with Crippen LogP contribution in [0.25, 0.3) is 0 Å². The number of anilines is 1. The second-order valence-electron chi connectivity index (χ2n) is 6.40. The molecule has 0 spiro atoms. The molecule has 1 aliphatic carbocycles. The second-order valence-corrected chi connectivity index (χ2v) is 6.40. The molecule has 1 amide bonds. The molecule has 2 aromatic carbocycles. The number of hydrazone groups is 1. The van der Waals surface area contributed by atoms with Gasteiger partial charge in [0.15, 0.2) is 0 Å². The van der Waals surface area contributed by atoms with Gasteiger partial charge in [-0.3, -0.25) is 4.79 Å². The van der Waals surface area contributed by atoms with E-state index in [1.807, 2.05) is 18.2 Å². The standard InChI is InChI=1S/C20H21N3O/c24-20(14-23-13-5-8-16-7-2-4-10-19(16)23)22-21-18-12-11-15-6-1-3-9-17(15)18/h1-4,6-7,9-10H,5,8,11-14H2,(H,22,24)/b21-18-. The summed E-state index contributed by atoms with van der Waals surface area (Å²) in [6.45, 7) is 1.28. The first-order chi connectivity index (χ1) is 11.8. The molecule has 1 heterocycles. The van der Waals surface area contributed by atoms with Crippen LogP contribution < -0.4 is 10.3 Å². The lowest BCUT2D eigenvalue weighted by molar-refractivity contribution is -0.119. The van der Waals surface area contributed by atoms with Crippen molar-refractivity contribution in [3.63, 3.8) is 0 Å². The van der Waals surface area contributed by atoms with Crippen molar-refractivity contribution < 1.29 is 4.79 Å². The predicted molar refractivity (Wildman–Crippen MR) is 96.4 cm³/mol. The number of amides is 1. The summed E-state index contributed by atoms with van der Waals surface area (Å²) < 4.78 is 0. The van der Waals surface area contributed by atoms with Gasteiger partial charge in [0, 0.05) is 17.8 Å². The van der Waals surface area contributed by atoms with Gasteiger partial charge >= 0.3 is 0 Å². The minimum atomic E-state index is -0.0522. The van der Waals surface area contributed by atoms with Gasteiger partial charge in [-0.15, -0.1) is 0 Å². The normalized spacial score (nSPS) is 17.5. The highest BCUT2D eigenvalue weighted by atomic mass is 16.2. The number of carbonyl (C=O) groups excluding carboxylic acids is 1. The smallest absolute Gasteiger partial charge is 0.259 e. The highest BCUT2D eigenvalue weighted by Crippen LogP contribution is 2.26. The minimum absolute atomic E-state index is 0.0522. The van der Waals surface area contributed by atoms with E-state index in [0.29, 0.717) is 6.54 Å². The number of nitrogens with zero attached hydrogens (tertiary/aromatic N) is 2. The molecule has 4 heteroatoms. The van der Waals surface area contributed by atoms with Gasteiger partial charge in [-0.2, -0.15) is 5.10 Å². The summed E-state index contributed by atoms with van der Waals surface area (Å²) in [5.74, 6) is -0.0522. The van der Waals surface area contributed by atoms with Crippen molar-refractivity contribution in [1.82, 2.24) is 5.43 Å². The van der Waals surface area contributed by atoms with Crippen LogP contribution in [-0.2, 0) is 17.6 Å². The van der Waals surface area contributed by atoms with E-state index in [-0.39, 0.29) is 5.91 Å². The summed E-state index contributed by atoms with van der Waals surface area (Å²) in [5.41, 5.74) is 8.72. The van der Waals surface area contributed by atoms with Gasteiger partial charge in [-0.1, -0.05) is 42.5 Å². The lowest BCUT2D eigenvalue weighted by Gasteiger charge is -2.30. The van der Waals surface area contributed by atoms with E-state index in [1.54, 1.807) is 0 Å². The summed E-state index contributed by atoms with van der Waals surface area (Å²) in [7, 11) is 0. The molecule has 4 nitrogen and oxygen atoms in total. The first-order valence-electron chi connectivity index (χ1n) is 8.58. The molecule has 0 saturated heterocycles. The van der Waals surface area contributed by atoms with Crippen molar-refractivity contribution >= 4 is 17.3 Å². The molecule has 2 aromatic rings. The van der Waals surface area contributed by atoms with Crippen molar-refractivity contribution in [3.8, 4) is 0 Å². The summed E-state index contributed by atoms with van der Waals surface area (Å²) >= 11 is 0. The zero-order valence-electron chi connectivity index (χ0n) is 13.7. The molecule has 0 fully saturated rings. The topological polar surface area (TPSA) is 44.7 Å². The quantitative estimate of drug-likeness (QED) is 0.884. The van der Waals surface area contributed by atoms with Crippen LogP contribution >= 0.6 is 0 Å². The average Bonchev–Trinajstić information content (AvgIpc) is 3.04. The summed E-state index contributed by atoms with van der Waals surface area (Å²) in [4.78, 5) is 14.5.